The van der Waals surface area contributed by atoms with Gasteiger partial charge in [0, 0.05) is 17.2 Å². The Balaban J connectivity index is 2.17. The molecule has 0 N–H and O–H groups in total. The summed E-state index contributed by atoms with van der Waals surface area (Å²) in [4.78, 5) is 16.9. The highest BCUT2D eigenvalue weighted by Crippen LogP contribution is 2.12. The Morgan fingerprint density at radius 1 is 1.62 bits per heavy atom. The standard InChI is InChI=1S/C12H19NO2S/c1-4-9(2)11(14)7-15-6-5-12-10(3)13-8-16-12/h8-9H,4-7H2,1-3H3. The van der Waals surface area contributed by atoms with Gasteiger partial charge < -0.3 is 4.74 Å². The number of ether oxygens (including phenoxy) is 1. The Hall–Kier alpha value is -0.740. The number of carbonyl (C=O) groups is 1. The van der Waals surface area contributed by atoms with Crippen molar-refractivity contribution >= 4 is 17.1 Å². The van der Waals surface area contributed by atoms with Crippen LogP contribution in [0.25, 0.3) is 0 Å². The highest BCUT2D eigenvalue weighted by atomic mass is 32.1. The quantitative estimate of drug-likeness (QED) is 0.689. The minimum Gasteiger partial charge on any atom is -0.373 e. The lowest BCUT2D eigenvalue weighted by molar-refractivity contribution is -0.127. The number of ketones is 1. The van der Waals surface area contributed by atoms with Crippen molar-refractivity contribution in [2.75, 3.05) is 13.2 Å². The first-order valence-corrected chi connectivity index (χ1v) is 6.52. The first-order valence-electron chi connectivity index (χ1n) is 5.64. The Labute approximate surface area is 101 Å². The molecule has 0 saturated heterocycles. The second-order valence-electron chi connectivity index (χ2n) is 3.94. The van der Waals surface area contributed by atoms with E-state index in [1.165, 1.54) is 4.88 Å². The number of carbonyl (C=O) groups excluding carboxylic acids is 1. The third kappa shape index (κ3) is 4.02. The Morgan fingerprint density at radius 3 is 2.94 bits per heavy atom. The number of aryl methyl sites for hydroxylation is 1. The van der Waals surface area contributed by atoms with E-state index in [1.807, 2.05) is 26.3 Å². The van der Waals surface area contributed by atoms with Crippen molar-refractivity contribution in [3.05, 3.63) is 16.1 Å². The maximum Gasteiger partial charge on any atom is 0.161 e. The zero-order chi connectivity index (χ0) is 12.0. The summed E-state index contributed by atoms with van der Waals surface area (Å²) in [5.74, 6) is 0.314. The molecule has 16 heavy (non-hydrogen) atoms. The van der Waals surface area contributed by atoms with Crippen molar-refractivity contribution in [1.82, 2.24) is 4.98 Å². The zero-order valence-electron chi connectivity index (χ0n) is 10.2. The minimum atomic E-state index is 0.116. The van der Waals surface area contributed by atoms with Gasteiger partial charge in [-0.1, -0.05) is 13.8 Å². The van der Waals surface area contributed by atoms with E-state index in [2.05, 4.69) is 4.98 Å². The van der Waals surface area contributed by atoms with Crippen LogP contribution in [0.4, 0.5) is 0 Å². The van der Waals surface area contributed by atoms with Crippen molar-refractivity contribution in [2.45, 2.75) is 33.6 Å². The molecule has 0 spiro atoms. The number of nitrogens with zero attached hydrogens (tertiary/aromatic N) is 1. The molecule has 0 aliphatic rings. The van der Waals surface area contributed by atoms with E-state index < -0.39 is 0 Å². The van der Waals surface area contributed by atoms with E-state index in [9.17, 15) is 4.79 Å². The number of thiazole rings is 1. The van der Waals surface area contributed by atoms with Crippen molar-refractivity contribution in [3.8, 4) is 0 Å². The molecule has 1 unspecified atom stereocenters. The van der Waals surface area contributed by atoms with Crippen LogP contribution in [-0.4, -0.2) is 24.0 Å². The summed E-state index contributed by atoms with van der Waals surface area (Å²) < 4.78 is 5.38. The predicted molar refractivity (Wildman–Crippen MR) is 65.8 cm³/mol. The lowest BCUT2D eigenvalue weighted by Crippen LogP contribution is -2.17. The molecule has 1 rings (SSSR count). The monoisotopic (exact) mass is 241 g/mol. The molecule has 1 atom stereocenters. The van der Waals surface area contributed by atoms with Gasteiger partial charge in [-0.15, -0.1) is 11.3 Å². The third-order valence-corrected chi connectivity index (χ3v) is 3.72. The molecule has 0 fully saturated rings. The van der Waals surface area contributed by atoms with Crippen LogP contribution in [0.15, 0.2) is 5.51 Å². The molecule has 4 heteroatoms. The molecule has 0 saturated carbocycles. The van der Waals surface area contributed by atoms with Gasteiger partial charge in [0.1, 0.15) is 6.61 Å². The molecule has 0 aromatic carbocycles. The van der Waals surface area contributed by atoms with E-state index in [1.54, 1.807) is 11.3 Å². The lowest BCUT2D eigenvalue weighted by atomic mass is 10.1. The van der Waals surface area contributed by atoms with Gasteiger partial charge >= 0.3 is 0 Å². The molecule has 0 radical (unpaired) electrons. The highest BCUT2D eigenvalue weighted by molar-refractivity contribution is 7.09. The fourth-order valence-corrected chi connectivity index (χ4v) is 2.04. The number of aromatic nitrogens is 1. The number of rotatable bonds is 7. The van der Waals surface area contributed by atoms with Crippen LogP contribution in [0.1, 0.15) is 30.8 Å². The van der Waals surface area contributed by atoms with Crippen molar-refractivity contribution in [3.63, 3.8) is 0 Å². The maximum atomic E-state index is 11.5. The molecule has 0 bridgehead atoms. The summed E-state index contributed by atoms with van der Waals surface area (Å²) in [7, 11) is 0. The molecule has 90 valence electrons. The second-order valence-corrected chi connectivity index (χ2v) is 4.88. The maximum absolute atomic E-state index is 11.5. The van der Waals surface area contributed by atoms with Gasteiger partial charge in [-0.2, -0.15) is 0 Å². The van der Waals surface area contributed by atoms with Crippen LogP contribution in [0.3, 0.4) is 0 Å². The average molecular weight is 241 g/mol. The summed E-state index contributed by atoms with van der Waals surface area (Å²) in [6.07, 6.45) is 1.74. The van der Waals surface area contributed by atoms with Gasteiger partial charge in [-0.3, -0.25) is 4.79 Å². The Morgan fingerprint density at radius 2 is 2.38 bits per heavy atom. The van der Waals surface area contributed by atoms with E-state index in [0.717, 1.165) is 18.5 Å². The normalized spacial score (nSPS) is 12.7. The van der Waals surface area contributed by atoms with Crippen LogP contribution < -0.4 is 0 Å². The van der Waals surface area contributed by atoms with Gasteiger partial charge in [0.05, 0.1) is 17.8 Å². The summed E-state index contributed by atoms with van der Waals surface area (Å²) in [6, 6.07) is 0. The number of Topliss-reactive ketones (excluding diaryl/α,β-unsaturated/α-hetero) is 1. The van der Waals surface area contributed by atoms with Crippen LogP contribution in [-0.2, 0) is 16.0 Å². The summed E-state index contributed by atoms with van der Waals surface area (Å²) in [5.41, 5.74) is 2.91. The summed E-state index contributed by atoms with van der Waals surface area (Å²) >= 11 is 1.64. The van der Waals surface area contributed by atoms with E-state index >= 15 is 0 Å². The number of hydrogen-bond donors (Lipinski definition) is 0. The lowest BCUT2D eigenvalue weighted by Gasteiger charge is -2.07. The molecule has 0 amide bonds. The van der Waals surface area contributed by atoms with Crippen LogP contribution in [0.5, 0.6) is 0 Å². The first kappa shape index (κ1) is 13.3. The zero-order valence-corrected chi connectivity index (χ0v) is 11.0. The largest absolute Gasteiger partial charge is 0.373 e. The summed E-state index contributed by atoms with van der Waals surface area (Å²) in [5, 5.41) is 0. The molecule has 1 aromatic heterocycles. The SMILES string of the molecule is CCC(C)C(=O)COCCc1scnc1C. The van der Waals surface area contributed by atoms with Crippen molar-refractivity contribution < 1.29 is 9.53 Å². The molecule has 0 aliphatic carbocycles. The predicted octanol–water partition coefficient (Wildman–Crippen LogP) is 2.63. The van der Waals surface area contributed by atoms with Gasteiger partial charge in [0.15, 0.2) is 5.78 Å². The molecule has 1 aromatic rings. The highest BCUT2D eigenvalue weighted by Gasteiger charge is 2.10. The van der Waals surface area contributed by atoms with Gasteiger partial charge in [0.2, 0.25) is 0 Å². The van der Waals surface area contributed by atoms with Gasteiger partial charge in [0.25, 0.3) is 0 Å². The summed E-state index contributed by atoms with van der Waals surface area (Å²) in [6.45, 7) is 6.80. The van der Waals surface area contributed by atoms with Crippen LogP contribution in [0, 0.1) is 12.8 Å². The van der Waals surface area contributed by atoms with Crippen LogP contribution in [0.2, 0.25) is 0 Å². The van der Waals surface area contributed by atoms with E-state index in [4.69, 9.17) is 4.74 Å². The minimum absolute atomic E-state index is 0.116. The van der Waals surface area contributed by atoms with Gasteiger partial charge in [-0.05, 0) is 13.3 Å². The van der Waals surface area contributed by atoms with Gasteiger partial charge in [-0.25, -0.2) is 4.98 Å². The second kappa shape index (κ2) is 6.76. The Kier molecular flexibility index (Phi) is 5.63. The molecular weight excluding hydrogens is 222 g/mol. The van der Waals surface area contributed by atoms with Crippen molar-refractivity contribution in [2.24, 2.45) is 5.92 Å². The number of hydrogen-bond acceptors (Lipinski definition) is 4. The Bertz CT molecular complexity index is 336. The molecule has 0 aliphatic heterocycles. The molecular formula is C12H19NO2S. The topological polar surface area (TPSA) is 39.2 Å². The fourth-order valence-electron chi connectivity index (χ4n) is 1.27. The first-order chi connectivity index (χ1) is 7.65. The smallest absolute Gasteiger partial charge is 0.161 e. The van der Waals surface area contributed by atoms with E-state index in [0.29, 0.717) is 6.61 Å². The van der Waals surface area contributed by atoms with E-state index in [-0.39, 0.29) is 18.3 Å². The van der Waals surface area contributed by atoms with Crippen molar-refractivity contribution in [1.29, 1.82) is 0 Å². The van der Waals surface area contributed by atoms with Crippen LogP contribution >= 0.6 is 11.3 Å². The molecule has 1 heterocycles. The average Bonchev–Trinajstić information content (AvgIpc) is 2.69. The third-order valence-electron chi connectivity index (χ3n) is 2.72. The fraction of sp³-hybridized carbons (Fsp3) is 0.667. The molecule has 3 nitrogen and oxygen atoms in total.